The molecule has 2 aromatic rings. The van der Waals surface area contributed by atoms with E-state index in [9.17, 15) is 9.59 Å². The van der Waals surface area contributed by atoms with Gasteiger partial charge in [-0.05, 0) is 31.5 Å². The molecular formula is C16H16ClN3O2S. The first kappa shape index (κ1) is 16.0. The first-order valence-corrected chi connectivity index (χ1v) is 8.44. The number of nitrogens with one attached hydrogen (secondary N) is 1. The molecule has 1 aromatic carbocycles. The maximum absolute atomic E-state index is 12.3. The number of aryl methyl sites for hydroxylation is 1. The van der Waals surface area contributed by atoms with Crippen molar-refractivity contribution in [3.8, 4) is 0 Å². The Morgan fingerprint density at radius 1 is 1.43 bits per heavy atom. The number of hydrogen-bond acceptors (Lipinski definition) is 4. The molecule has 23 heavy (non-hydrogen) atoms. The van der Waals surface area contributed by atoms with Gasteiger partial charge in [-0.1, -0.05) is 17.7 Å². The predicted octanol–water partition coefficient (Wildman–Crippen LogP) is 3.40. The minimum Gasteiger partial charge on any atom is -0.311 e. The van der Waals surface area contributed by atoms with E-state index in [1.807, 2.05) is 26.0 Å². The van der Waals surface area contributed by atoms with Gasteiger partial charge in [0.1, 0.15) is 0 Å². The van der Waals surface area contributed by atoms with Gasteiger partial charge in [-0.3, -0.25) is 9.59 Å². The number of carbonyl (C=O) groups is 2. The number of amides is 2. The summed E-state index contributed by atoms with van der Waals surface area (Å²) < 4.78 is 0. The molecule has 0 bridgehead atoms. The van der Waals surface area contributed by atoms with Crippen LogP contribution in [0, 0.1) is 19.8 Å². The lowest BCUT2D eigenvalue weighted by Crippen LogP contribution is -2.28. The van der Waals surface area contributed by atoms with Crippen molar-refractivity contribution in [3.63, 3.8) is 0 Å². The first-order valence-electron chi connectivity index (χ1n) is 7.24. The van der Waals surface area contributed by atoms with E-state index in [2.05, 4.69) is 10.3 Å². The number of halogens is 1. The second kappa shape index (κ2) is 6.29. The van der Waals surface area contributed by atoms with E-state index in [1.54, 1.807) is 17.2 Å². The molecule has 1 aliphatic heterocycles. The number of benzene rings is 1. The van der Waals surface area contributed by atoms with Crippen LogP contribution in [0.2, 0.25) is 5.02 Å². The number of carbonyl (C=O) groups excluding carboxylic acids is 2. The summed E-state index contributed by atoms with van der Waals surface area (Å²) in [5.41, 5.74) is 1.61. The van der Waals surface area contributed by atoms with Gasteiger partial charge in [0.2, 0.25) is 11.8 Å². The van der Waals surface area contributed by atoms with Gasteiger partial charge in [0.05, 0.1) is 5.92 Å². The molecule has 1 saturated heterocycles. The molecule has 0 spiro atoms. The molecule has 7 heteroatoms. The number of aromatic nitrogens is 1. The predicted molar refractivity (Wildman–Crippen MR) is 92.1 cm³/mol. The average molecular weight is 350 g/mol. The summed E-state index contributed by atoms with van der Waals surface area (Å²) in [6.45, 7) is 4.16. The summed E-state index contributed by atoms with van der Waals surface area (Å²) in [6.07, 6.45) is 1.91. The Morgan fingerprint density at radius 2 is 2.22 bits per heavy atom. The van der Waals surface area contributed by atoms with Gasteiger partial charge >= 0.3 is 0 Å². The molecule has 0 unspecified atom stereocenters. The summed E-state index contributed by atoms with van der Waals surface area (Å²) in [5.74, 6) is -0.620. The number of thiazole rings is 1. The highest BCUT2D eigenvalue weighted by molar-refractivity contribution is 7.15. The van der Waals surface area contributed by atoms with E-state index < -0.39 is 0 Å². The molecule has 0 radical (unpaired) electrons. The van der Waals surface area contributed by atoms with Gasteiger partial charge in [-0.25, -0.2) is 4.98 Å². The molecule has 1 aromatic heterocycles. The van der Waals surface area contributed by atoms with Gasteiger partial charge in [-0.15, -0.1) is 11.3 Å². The molecule has 1 N–H and O–H groups in total. The highest BCUT2D eigenvalue weighted by Gasteiger charge is 2.36. The van der Waals surface area contributed by atoms with E-state index in [-0.39, 0.29) is 24.2 Å². The topological polar surface area (TPSA) is 62.3 Å². The van der Waals surface area contributed by atoms with Gasteiger partial charge in [0, 0.05) is 34.7 Å². The van der Waals surface area contributed by atoms with Crippen molar-refractivity contribution in [1.82, 2.24) is 4.98 Å². The second-order valence-electron chi connectivity index (χ2n) is 5.55. The number of anilines is 2. The largest absolute Gasteiger partial charge is 0.311 e. The summed E-state index contributed by atoms with van der Waals surface area (Å²) in [7, 11) is 0. The first-order chi connectivity index (χ1) is 11.0. The van der Waals surface area contributed by atoms with Crippen molar-refractivity contribution in [2.24, 2.45) is 5.92 Å². The Morgan fingerprint density at radius 3 is 2.91 bits per heavy atom. The van der Waals surface area contributed by atoms with Crippen molar-refractivity contribution in [2.75, 3.05) is 16.8 Å². The number of nitrogens with zero attached hydrogens (tertiary/aromatic N) is 2. The molecule has 1 atom stereocenters. The quantitative estimate of drug-likeness (QED) is 0.923. The normalized spacial score (nSPS) is 17.6. The van der Waals surface area contributed by atoms with Crippen molar-refractivity contribution >= 4 is 45.6 Å². The zero-order chi connectivity index (χ0) is 16.6. The smallest absolute Gasteiger partial charge is 0.231 e. The molecule has 1 fully saturated rings. The van der Waals surface area contributed by atoms with E-state index in [4.69, 9.17) is 11.6 Å². The standard InChI is InChI=1S/C16H16ClN3O2S/c1-9-7-18-16(23-9)19-15(22)11-6-14(21)20(8-11)13-5-3-4-12(17)10(13)2/h3-5,7,11H,6,8H2,1-2H3,(H,18,19,22)/t11-/m0/s1. The van der Waals surface area contributed by atoms with Gasteiger partial charge < -0.3 is 10.2 Å². The highest BCUT2D eigenvalue weighted by atomic mass is 35.5. The molecule has 120 valence electrons. The molecule has 2 heterocycles. The minimum absolute atomic E-state index is 0.0640. The Bertz CT molecular complexity index is 774. The zero-order valence-corrected chi connectivity index (χ0v) is 14.4. The molecule has 5 nitrogen and oxygen atoms in total. The van der Waals surface area contributed by atoms with Crippen molar-refractivity contribution in [2.45, 2.75) is 20.3 Å². The van der Waals surface area contributed by atoms with Crippen LogP contribution in [0.1, 0.15) is 16.9 Å². The lowest BCUT2D eigenvalue weighted by molar-refractivity contribution is -0.122. The molecule has 0 aliphatic carbocycles. The van der Waals surface area contributed by atoms with Crippen LogP contribution >= 0.6 is 22.9 Å². The minimum atomic E-state index is -0.384. The number of rotatable bonds is 3. The van der Waals surface area contributed by atoms with Crippen molar-refractivity contribution in [3.05, 3.63) is 39.9 Å². The SMILES string of the molecule is Cc1cnc(NC(=O)[C@H]2CC(=O)N(c3cccc(Cl)c3C)C2)s1. The highest BCUT2D eigenvalue weighted by Crippen LogP contribution is 2.32. The zero-order valence-electron chi connectivity index (χ0n) is 12.8. The maximum atomic E-state index is 12.3. The monoisotopic (exact) mass is 349 g/mol. The third-order valence-electron chi connectivity index (χ3n) is 3.88. The van der Waals surface area contributed by atoms with Crippen LogP contribution < -0.4 is 10.2 Å². The Hall–Kier alpha value is -1.92. The van der Waals surface area contributed by atoms with Crippen LogP contribution in [-0.2, 0) is 9.59 Å². The molecule has 1 aliphatic rings. The fourth-order valence-electron chi connectivity index (χ4n) is 2.62. The van der Waals surface area contributed by atoms with Gasteiger partial charge in [0.25, 0.3) is 0 Å². The van der Waals surface area contributed by atoms with Gasteiger partial charge in [-0.2, -0.15) is 0 Å². The summed E-state index contributed by atoms with van der Waals surface area (Å²) in [5, 5.41) is 3.97. The summed E-state index contributed by atoms with van der Waals surface area (Å²) in [4.78, 5) is 31.4. The molecule has 0 saturated carbocycles. The van der Waals surface area contributed by atoms with Crippen molar-refractivity contribution in [1.29, 1.82) is 0 Å². The summed E-state index contributed by atoms with van der Waals surface area (Å²) in [6, 6.07) is 5.45. The van der Waals surface area contributed by atoms with E-state index in [0.29, 0.717) is 16.7 Å². The lowest BCUT2D eigenvalue weighted by atomic mass is 10.1. The summed E-state index contributed by atoms with van der Waals surface area (Å²) >= 11 is 7.54. The third kappa shape index (κ3) is 3.23. The maximum Gasteiger partial charge on any atom is 0.231 e. The van der Waals surface area contributed by atoms with Crippen molar-refractivity contribution < 1.29 is 9.59 Å². The van der Waals surface area contributed by atoms with Crippen LogP contribution in [0.4, 0.5) is 10.8 Å². The Labute approximate surface area is 143 Å². The Kier molecular flexibility index (Phi) is 4.37. The van der Waals surface area contributed by atoms with Crippen LogP contribution in [0.15, 0.2) is 24.4 Å². The fraction of sp³-hybridized carbons (Fsp3) is 0.312. The Balaban J connectivity index is 1.74. The van der Waals surface area contributed by atoms with Gasteiger partial charge in [0.15, 0.2) is 5.13 Å². The lowest BCUT2D eigenvalue weighted by Gasteiger charge is -2.19. The van der Waals surface area contributed by atoms with E-state index in [0.717, 1.165) is 16.1 Å². The van der Waals surface area contributed by atoms with Crippen LogP contribution in [0.5, 0.6) is 0 Å². The fourth-order valence-corrected chi connectivity index (χ4v) is 3.46. The second-order valence-corrected chi connectivity index (χ2v) is 7.20. The van der Waals surface area contributed by atoms with E-state index >= 15 is 0 Å². The molecular weight excluding hydrogens is 334 g/mol. The average Bonchev–Trinajstić information content (AvgIpc) is 3.08. The number of hydrogen-bond donors (Lipinski definition) is 1. The van der Waals surface area contributed by atoms with Crippen LogP contribution in [0.25, 0.3) is 0 Å². The van der Waals surface area contributed by atoms with Crippen LogP contribution in [0.3, 0.4) is 0 Å². The van der Waals surface area contributed by atoms with E-state index in [1.165, 1.54) is 11.3 Å². The third-order valence-corrected chi connectivity index (χ3v) is 5.11. The van der Waals surface area contributed by atoms with Crippen LogP contribution in [-0.4, -0.2) is 23.3 Å². The molecule has 3 rings (SSSR count). The molecule has 2 amide bonds.